The molecule has 150 valence electrons. The van der Waals surface area contributed by atoms with E-state index in [1.165, 1.54) is 6.92 Å². The quantitative estimate of drug-likeness (QED) is 0.509. The van der Waals surface area contributed by atoms with Crippen molar-refractivity contribution >= 4 is 17.6 Å². The summed E-state index contributed by atoms with van der Waals surface area (Å²) in [6.07, 6.45) is 4.13. The zero-order valence-corrected chi connectivity index (χ0v) is 16.3. The van der Waals surface area contributed by atoms with Gasteiger partial charge in [0.15, 0.2) is 0 Å². The molecule has 26 heavy (non-hydrogen) atoms. The molecule has 2 amide bonds. The Hall–Kier alpha value is -1.47. The second kappa shape index (κ2) is 12.8. The molecule has 0 saturated heterocycles. The molecule has 1 aliphatic rings. The van der Waals surface area contributed by atoms with Gasteiger partial charge in [0.2, 0.25) is 11.8 Å². The minimum absolute atomic E-state index is 0.00430. The molecule has 2 N–H and O–H groups in total. The van der Waals surface area contributed by atoms with E-state index in [2.05, 4.69) is 10.6 Å². The van der Waals surface area contributed by atoms with Crippen molar-refractivity contribution in [1.82, 2.24) is 10.6 Å². The lowest BCUT2D eigenvalue weighted by Crippen LogP contribution is -2.41. The first-order valence-electron chi connectivity index (χ1n) is 9.64. The second-order valence-electron chi connectivity index (χ2n) is 7.14. The van der Waals surface area contributed by atoms with Crippen molar-refractivity contribution in [3.63, 3.8) is 0 Å². The van der Waals surface area contributed by atoms with Gasteiger partial charge in [0.05, 0.1) is 25.9 Å². The van der Waals surface area contributed by atoms with Gasteiger partial charge >= 0.3 is 0 Å². The highest BCUT2D eigenvalue weighted by Crippen LogP contribution is 2.24. The van der Waals surface area contributed by atoms with E-state index < -0.39 is 0 Å². The van der Waals surface area contributed by atoms with Gasteiger partial charge in [-0.25, -0.2) is 0 Å². The molecule has 1 aliphatic carbocycles. The first-order valence-corrected chi connectivity index (χ1v) is 9.64. The highest BCUT2D eigenvalue weighted by atomic mass is 16.5. The van der Waals surface area contributed by atoms with E-state index in [-0.39, 0.29) is 35.7 Å². The van der Waals surface area contributed by atoms with Crippen molar-refractivity contribution in [1.29, 1.82) is 0 Å². The van der Waals surface area contributed by atoms with Gasteiger partial charge in [-0.15, -0.1) is 0 Å². The Balaban J connectivity index is 2.10. The Bertz CT molecular complexity index is 445. The molecule has 7 nitrogen and oxygen atoms in total. The van der Waals surface area contributed by atoms with Crippen molar-refractivity contribution in [3.05, 3.63) is 0 Å². The maximum Gasteiger partial charge on any atom is 0.223 e. The van der Waals surface area contributed by atoms with E-state index >= 15 is 0 Å². The average molecular weight is 370 g/mol. The molecule has 0 bridgehead atoms. The number of hydrogen-bond acceptors (Lipinski definition) is 5. The first-order chi connectivity index (χ1) is 12.4. The fraction of sp³-hybridized carbons (Fsp3) is 0.842. The summed E-state index contributed by atoms with van der Waals surface area (Å²) in [5, 5.41) is 5.91. The summed E-state index contributed by atoms with van der Waals surface area (Å²) in [4.78, 5) is 34.8. The Morgan fingerprint density at radius 1 is 1.00 bits per heavy atom. The molecule has 0 radical (unpaired) electrons. The number of ether oxygens (including phenoxy) is 2. The number of ketones is 1. The van der Waals surface area contributed by atoms with E-state index in [1.807, 2.05) is 13.8 Å². The molecular formula is C19H34N2O5. The van der Waals surface area contributed by atoms with Gasteiger partial charge in [-0.3, -0.25) is 14.4 Å². The number of Topliss-reactive ketones (excluding diaryl/α,β-unsaturated/α-hetero) is 1. The second-order valence-corrected chi connectivity index (χ2v) is 7.14. The summed E-state index contributed by atoms with van der Waals surface area (Å²) in [5.41, 5.74) is 0. The molecule has 0 atom stereocenters. The molecule has 0 unspecified atom stereocenters. The van der Waals surface area contributed by atoms with Crippen LogP contribution in [0.15, 0.2) is 0 Å². The lowest BCUT2D eigenvalue weighted by Gasteiger charge is -2.28. The number of rotatable bonds is 12. The zero-order valence-electron chi connectivity index (χ0n) is 16.3. The maximum atomic E-state index is 12.1. The molecular weight excluding hydrogens is 336 g/mol. The molecule has 1 saturated carbocycles. The number of carbonyl (C=O) groups excluding carboxylic acids is 3. The van der Waals surface area contributed by atoms with Crippen LogP contribution in [0.1, 0.15) is 59.3 Å². The third-order valence-electron chi connectivity index (χ3n) is 4.39. The minimum atomic E-state index is 0.00430. The van der Waals surface area contributed by atoms with E-state index in [9.17, 15) is 14.4 Å². The molecule has 0 aromatic heterocycles. The Morgan fingerprint density at radius 2 is 1.69 bits per heavy atom. The van der Waals surface area contributed by atoms with E-state index in [0.717, 1.165) is 25.7 Å². The molecule has 7 heteroatoms. The van der Waals surface area contributed by atoms with Gasteiger partial charge in [-0.2, -0.15) is 0 Å². The summed E-state index contributed by atoms with van der Waals surface area (Å²) >= 11 is 0. The standard InChI is InChI=1S/C19H34N2O5/c1-14(2)26-12-9-18(23)21-17-6-4-16(5-7-17)19(24)20-10-13-25-11-8-15(3)22/h14,16-17H,4-13H2,1-3H3,(H,20,24)(H,21,23). The van der Waals surface area contributed by atoms with Crippen LogP contribution in [0.2, 0.25) is 0 Å². The van der Waals surface area contributed by atoms with Gasteiger partial charge in [0.25, 0.3) is 0 Å². The minimum Gasteiger partial charge on any atom is -0.379 e. The number of nitrogens with one attached hydrogen (secondary N) is 2. The SMILES string of the molecule is CC(=O)CCOCCNC(=O)C1CCC(NC(=O)CCOC(C)C)CC1. The topological polar surface area (TPSA) is 93.7 Å². The number of hydrogen-bond donors (Lipinski definition) is 2. The summed E-state index contributed by atoms with van der Waals surface area (Å²) in [6, 6.07) is 0.153. The molecule has 0 aromatic rings. The third kappa shape index (κ3) is 10.5. The average Bonchev–Trinajstić information content (AvgIpc) is 2.57. The van der Waals surface area contributed by atoms with Crippen molar-refractivity contribution in [2.45, 2.75) is 71.4 Å². The van der Waals surface area contributed by atoms with Crippen LogP contribution in [0.4, 0.5) is 0 Å². The monoisotopic (exact) mass is 370 g/mol. The smallest absolute Gasteiger partial charge is 0.223 e. The van der Waals surface area contributed by atoms with Crippen molar-refractivity contribution in [3.8, 4) is 0 Å². The van der Waals surface area contributed by atoms with Gasteiger partial charge in [-0.05, 0) is 46.5 Å². The van der Waals surface area contributed by atoms with E-state index in [4.69, 9.17) is 9.47 Å². The Labute approximate surface area is 156 Å². The van der Waals surface area contributed by atoms with Gasteiger partial charge in [0.1, 0.15) is 5.78 Å². The third-order valence-corrected chi connectivity index (χ3v) is 4.39. The van der Waals surface area contributed by atoms with Gasteiger partial charge in [-0.1, -0.05) is 0 Å². The van der Waals surface area contributed by atoms with E-state index in [1.54, 1.807) is 0 Å². The summed E-state index contributed by atoms with van der Waals surface area (Å²) in [6.45, 7) is 7.15. The molecule has 1 rings (SSSR count). The zero-order chi connectivity index (χ0) is 19.4. The van der Waals surface area contributed by atoms with E-state index in [0.29, 0.717) is 39.2 Å². The van der Waals surface area contributed by atoms with Crippen LogP contribution in [-0.2, 0) is 23.9 Å². The van der Waals surface area contributed by atoms with Crippen LogP contribution in [0.3, 0.4) is 0 Å². The highest BCUT2D eigenvalue weighted by Gasteiger charge is 2.26. The van der Waals surface area contributed by atoms with Crippen LogP contribution in [0.25, 0.3) is 0 Å². The predicted octanol–water partition coefficient (Wildman–Crippen LogP) is 1.59. The van der Waals surface area contributed by atoms with Gasteiger partial charge in [0, 0.05) is 31.3 Å². The number of amides is 2. The van der Waals surface area contributed by atoms with Crippen LogP contribution < -0.4 is 10.6 Å². The Kier molecular flexibility index (Phi) is 11.1. The lowest BCUT2D eigenvalue weighted by atomic mass is 9.85. The first kappa shape index (κ1) is 22.6. The predicted molar refractivity (Wildman–Crippen MR) is 98.7 cm³/mol. The van der Waals surface area contributed by atoms with Crippen molar-refractivity contribution in [2.24, 2.45) is 5.92 Å². The molecule has 0 heterocycles. The van der Waals surface area contributed by atoms with Gasteiger partial charge < -0.3 is 20.1 Å². The molecule has 0 aromatic carbocycles. The van der Waals surface area contributed by atoms with Crippen LogP contribution in [0, 0.1) is 5.92 Å². The highest BCUT2D eigenvalue weighted by molar-refractivity contribution is 5.79. The van der Waals surface area contributed by atoms with Crippen LogP contribution in [-0.4, -0.2) is 56.1 Å². The van der Waals surface area contributed by atoms with Crippen LogP contribution in [0.5, 0.6) is 0 Å². The summed E-state index contributed by atoms with van der Waals surface area (Å²) < 4.78 is 10.7. The largest absolute Gasteiger partial charge is 0.379 e. The Morgan fingerprint density at radius 3 is 2.31 bits per heavy atom. The lowest BCUT2D eigenvalue weighted by molar-refractivity contribution is -0.126. The number of carbonyl (C=O) groups is 3. The molecule has 0 spiro atoms. The summed E-state index contributed by atoms with van der Waals surface area (Å²) in [5.74, 6) is 0.173. The summed E-state index contributed by atoms with van der Waals surface area (Å²) in [7, 11) is 0. The fourth-order valence-electron chi connectivity index (χ4n) is 2.90. The fourth-order valence-corrected chi connectivity index (χ4v) is 2.90. The normalized spacial score (nSPS) is 20.0. The molecule has 0 aliphatic heterocycles. The molecule has 1 fully saturated rings. The van der Waals surface area contributed by atoms with Crippen molar-refractivity contribution in [2.75, 3.05) is 26.4 Å². The van der Waals surface area contributed by atoms with Crippen molar-refractivity contribution < 1.29 is 23.9 Å². The van der Waals surface area contributed by atoms with Crippen LogP contribution >= 0.6 is 0 Å². The maximum absolute atomic E-state index is 12.1.